The van der Waals surface area contributed by atoms with Crippen LogP contribution in [-0.2, 0) is 30.9 Å². The van der Waals surface area contributed by atoms with E-state index >= 15 is 0 Å². The summed E-state index contributed by atoms with van der Waals surface area (Å²) in [4.78, 5) is 69.3. The zero-order valence-electron chi connectivity index (χ0n) is 38.7. The summed E-state index contributed by atoms with van der Waals surface area (Å²) in [5.41, 5.74) is 12.0. The van der Waals surface area contributed by atoms with Crippen molar-refractivity contribution < 1.29 is 28.7 Å². The van der Waals surface area contributed by atoms with Gasteiger partial charge in [-0.25, -0.2) is 14.6 Å². The fourth-order valence-electron chi connectivity index (χ4n) is 11.6. The van der Waals surface area contributed by atoms with Gasteiger partial charge in [-0.05, 0) is 120 Å². The number of rotatable bonds is 11. The lowest BCUT2D eigenvalue weighted by Crippen LogP contribution is -2.55. The van der Waals surface area contributed by atoms with E-state index in [1.807, 2.05) is 37.5 Å². The maximum Gasteiger partial charge on any atom is 0.407 e. The largest absolute Gasteiger partial charge is 0.453 e. The number of carbonyl (C=O) groups excluding carboxylic acids is 4. The summed E-state index contributed by atoms with van der Waals surface area (Å²) in [6.07, 6.45) is 9.08. The van der Waals surface area contributed by atoms with Gasteiger partial charge in [0.2, 0.25) is 11.8 Å². The molecule has 2 aliphatic carbocycles. The van der Waals surface area contributed by atoms with Gasteiger partial charge >= 0.3 is 12.2 Å². The third-order valence-electron chi connectivity index (χ3n) is 15.0. The van der Waals surface area contributed by atoms with Crippen LogP contribution in [0, 0.1) is 11.8 Å². The average molecular weight is 885 g/mol. The monoisotopic (exact) mass is 884 g/mol. The number of alkyl carbamates (subject to hydrolysis) is 2. The second kappa shape index (κ2) is 18.3. The predicted molar refractivity (Wildman–Crippen MR) is 251 cm³/mol. The van der Waals surface area contributed by atoms with E-state index in [0.29, 0.717) is 19.6 Å². The van der Waals surface area contributed by atoms with E-state index in [1.165, 1.54) is 73.3 Å². The maximum atomic E-state index is 13.8. The van der Waals surface area contributed by atoms with Crippen LogP contribution in [0.4, 0.5) is 9.59 Å². The Morgan fingerprint density at radius 3 is 2.03 bits per heavy atom. The van der Waals surface area contributed by atoms with E-state index in [-0.39, 0.29) is 47.3 Å². The summed E-state index contributed by atoms with van der Waals surface area (Å²) in [6.45, 7) is 9.58. The summed E-state index contributed by atoms with van der Waals surface area (Å²) in [6, 6.07) is 18.4. The number of hydrogen-bond acceptors (Lipinski definition) is 9. The number of nitrogens with zero attached hydrogens (tertiary/aromatic N) is 4. The molecule has 3 aliphatic heterocycles. The first-order valence-electron chi connectivity index (χ1n) is 23.8. The van der Waals surface area contributed by atoms with Crippen molar-refractivity contribution in [1.29, 1.82) is 0 Å². The van der Waals surface area contributed by atoms with E-state index < -0.39 is 24.3 Å². The molecule has 4 heterocycles. The Morgan fingerprint density at radius 1 is 0.738 bits per heavy atom. The molecule has 4 amide bonds. The van der Waals surface area contributed by atoms with Gasteiger partial charge in [-0.2, -0.15) is 0 Å². The molecule has 5 unspecified atom stereocenters. The third-order valence-corrected chi connectivity index (χ3v) is 15.0. The molecule has 14 heteroatoms. The topological polar surface area (TPSA) is 170 Å². The fraction of sp³-hybridized carbons (Fsp3) is 0.529. The number of H-pyrrole nitrogens is 1. The number of fused-ring (bicyclic) bond motifs is 3. The molecule has 3 fully saturated rings. The second-order valence-electron chi connectivity index (χ2n) is 19.5. The SMILES string of the molecule is COC(=O)NC(C(=O)N1CCCC1c1nc2ccc(-c3ccc(-c4ccc(C5=NC(C6CCCN6C(=O)C(NC(=O)OC)C(C)C)NC5)cc4)c4c3C3(CCCC3)CC4)cc2[nH]1)C(C)C. The lowest BCUT2D eigenvalue weighted by atomic mass is 9.76. The number of aliphatic imine (C=N–C) groups is 1. The first-order chi connectivity index (χ1) is 31.4. The molecule has 14 nitrogen and oxygen atoms in total. The van der Waals surface area contributed by atoms with Crippen molar-refractivity contribution in [2.24, 2.45) is 16.8 Å². The highest BCUT2D eigenvalue weighted by atomic mass is 16.5. The van der Waals surface area contributed by atoms with E-state index in [1.54, 1.807) is 0 Å². The first-order valence-corrected chi connectivity index (χ1v) is 23.8. The highest BCUT2D eigenvalue weighted by Gasteiger charge is 2.44. The summed E-state index contributed by atoms with van der Waals surface area (Å²) in [7, 11) is 2.62. The van der Waals surface area contributed by atoms with Crippen molar-refractivity contribution in [3.8, 4) is 22.3 Å². The molecule has 0 bridgehead atoms. The van der Waals surface area contributed by atoms with Crippen molar-refractivity contribution in [1.82, 2.24) is 35.7 Å². The fourth-order valence-corrected chi connectivity index (χ4v) is 11.6. The molecule has 1 saturated carbocycles. The summed E-state index contributed by atoms with van der Waals surface area (Å²) in [5.74, 6) is 0.373. The van der Waals surface area contributed by atoms with Crippen LogP contribution in [-0.4, -0.2) is 108 Å². The molecule has 1 aromatic heterocycles. The molecule has 5 atom stereocenters. The van der Waals surface area contributed by atoms with Crippen molar-refractivity contribution in [3.05, 3.63) is 77.1 Å². The molecule has 2 saturated heterocycles. The molecule has 0 radical (unpaired) electrons. The van der Waals surface area contributed by atoms with Crippen molar-refractivity contribution in [2.45, 2.75) is 128 Å². The molecular formula is C51H64N8O6. The van der Waals surface area contributed by atoms with Crippen LogP contribution in [0.3, 0.4) is 0 Å². The third kappa shape index (κ3) is 8.38. The van der Waals surface area contributed by atoms with Crippen LogP contribution >= 0.6 is 0 Å². The quantitative estimate of drug-likeness (QED) is 0.118. The van der Waals surface area contributed by atoms with Gasteiger partial charge in [-0.1, -0.05) is 83.0 Å². The molecule has 4 N–H and O–H groups in total. The molecule has 3 aromatic carbocycles. The summed E-state index contributed by atoms with van der Waals surface area (Å²) >= 11 is 0. The van der Waals surface area contributed by atoms with E-state index in [0.717, 1.165) is 66.7 Å². The van der Waals surface area contributed by atoms with Gasteiger partial charge < -0.3 is 34.9 Å². The van der Waals surface area contributed by atoms with E-state index in [4.69, 9.17) is 19.5 Å². The van der Waals surface area contributed by atoms with Crippen molar-refractivity contribution in [3.63, 3.8) is 0 Å². The predicted octanol–water partition coefficient (Wildman–Crippen LogP) is 7.79. The lowest BCUT2D eigenvalue weighted by molar-refractivity contribution is -0.136. The van der Waals surface area contributed by atoms with Gasteiger partial charge in [0.05, 0.1) is 43.0 Å². The number of aromatic nitrogens is 2. The van der Waals surface area contributed by atoms with Gasteiger partial charge in [0.25, 0.3) is 0 Å². The van der Waals surface area contributed by atoms with Crippen LogP contribution in [0.15, 0.2) is 59.6 Å². The van der Waals surface area contributed by atoms with Gasteiger partial charge in [0, 0.05) is 19.6 Å². The second-order valence-corrected chi connectivity index (χ2v) is 19.5. The number of imidazole rings is 1. The Kier molecular flexibility index (Phi) is 12.5. The number of hydrogen-bond donors (Lipinski definition) is 4. The van der Waals surface area contributed by atoms with E-state index in [2.05, 4.69) is 75.5 Å². The molecule has 344 valence electrons. The van der Waals surface area contributed by atoms with Crippen molar-refractivity contribution in [2.75, 3.05) is 33.9 Å². The summed E-state index contributed by atoms with van der Waals surface area (Å²) in [5, 5.41) is 9.08. The van der Waals surface area contributed by atoms with Crippen LogP contribution in [0.5, 0.6) is 0 Å². The number of benzene rings is 3. The Balaban J connectivity index is 0.963. The zero-order chi connectivity index (χ0) is 45.6. The van der Waals surface area contributed by atoms with Gasteiger partial charge in [-0.3, -0.25) is 19.9 Å². The molecule has 9 rings (SSSR count). The first kappa shape index (κ1) is 44.4. The highest BCUT2D eigenvalue weighted by Crippen LogP contribution is 2.55. The number of nitrogens with one attached hydrogen (secondary N) is 4. The Morgan fingerprint density at radius 2 is 1.35 bits per heavy atom. The number of ether oxygens (including phenoxy) is 2. The number of amides is 4. The smallest absolute Gasteiger partial charge is 0.407 e. The van der Waals surface area contributed by atoms with Crippen LogP contribution in [0.2, 0.25) is 0 Å². The molecule has 5 aliphatic rings. The minimum Gasteiger partial charge on any atom is -0.453 e. The minimum absolute atomic E-state index is 0.0865. The lowest BCUT2D eigenvalue weighted by Gasteiger charge is -2.32. The summed E-state index contributed by atoms with van der Waals surface area (Å²) < 4.78 is 9.64. The van der Waals surface area contributed by atoms with Crippen LogP contribution in [0.25, 0.3) is 33.3 Å². The van der Waals surface area contributed by atoms with Gasteiger partial charge in [-0.15, -0.1) is 0 Å². The molecular weight excluding hydrogens is 821 g/mol. The van der Waals surface area contributed by atoms with E-state index in [9.17, 15) is 19.2 Å². The van der Waals surface area contributed by atoms with Gasteiger partial charge in [0.1, 0.15) is 24.1 Å². The Hall–Kier alpha value is -5.76. The average Bonchev–Trinajstić information content (AvgIpc) is 4.18. The Labute approximate surface area is 381 Å². The normalized spacial score (nSPS) is 22.2. The van der Waals surface area contributed by atoms with Crippen LogP contribution in [0.1, 0.15) is 114 Å². The molecule has 65 heavy (non-hydrogen) atoms. The Bertz CT molecular complexity index is 2490. The maximum absolute atomic E-state index is 13.8. The molecule has 4 aromatic rings. The number of likely N-dealkylation sites (tertiary alicyclic amines) is 2. The minimum atomic E-state index is -0.687. The number of aromatic amines is 1. The zero-order valence-corrected chi connectivity index (χ0v) is 38.7. The standard InChI is InChI=1S/C51H64N8O6/c1-29(2)43(56-49(62)64-5)47(60)58-25-9-11-40(58)45-52-28-39(55-45)32-15-13-31(14-16-32)34-18-19-35(42-36(34)21-24-51(42)22-7-8-23-51)33-17-20-37-38(27-33)54-46(53-37)41-12-10-26-59(41)48(61)44(30(3)4)57-50(63)65-6/h13-20,27,29-30,40-41,43-45,52H,7-12,21-26,28H2,1-6H3,(H,53,54)(H,56,62)(H,57,63). The molecule has 1 spiro atoms. The van der Waals surface area contributed by atoms with Gasteiger partial charge in [0.15, 0.2) is 0 Å². The van der Waals surface area contributed by atoms with Crippen LogP contribution < -0.4 is 16.0 Å². The number of carbonyl (C=O) groups is 4. The number of methoxy groups -OCH3 is 2. The highest BCUT2D eigenvalue weighted by molar-refractivity contribution is 6.03. The van der Waals surface area contributed by atoms with Crippen molar-refractivity contribution >= 4 is 40.7 Å².